The zero-order valence-electron chi connectivity index (χ0n) is 16.2. The van der Waals surface area contributed by atoms with Crippen LogP contribution in [0.5, 0.6) is 5.75 Å². The minimum Gasteiger partial charge on any atom is -0.485 e. The molecule has 1 aliphatic rings. The number of nitrogens with one attached hydrogen (secondary N) is 1. The molecule has 0 aromatic heterocycles. The highest BCUT2D eigenvalue weighted by Gasteiger charge is 2.43. The van der Waals surface area contributed by atoms with Crippen molar-refractivity contribution >= 4 is 5.91 Å². The monoisotopic (exact) mass is 391 g/mol. The van der Waals surface area contributed by atoms with Crippen LogP contribution in [0, 0.1) is 5.82 Å². The maximum absolute atomic E-state index is 13.2. The van der Waals surface area contributed by atoms with E-state index in [0.717, 1.165) is 11.1 Å². The summed E-state index contributed by atoms with van der Waals surface area (Å²) in [6.45, 7) is 3.56. The first-order valence-corrected chi connectivity index (χ1v) is 9.48. The minimum absolute atomic E-state index is 0.323. The highest BCUT2D eigenvalue weighted by molar-refractivity contribution is 5.94. The van der Waals surface area contributed by atoms with Gasteiger partial charge in [-0.3, -0.25) is 4.79 Å². The number of amides is 1. The van der Waals surface area contributed by atoms with Crippen molar-refractivity contribution in [3.05, 3.63) is 89.7 Å². The lowest BCUT2D eigenvalue weighted by Crippen LogP contribution is -2.53. The Kier molecular flexibility index (Phi) is 4.84. The molecule has 1 heterocycles. The Morgan fingerprint density at radius 1 is 1.00 bits per heavy atom. The molecular formula is C24H22FNO3. The molecular weight excluding hydrogens is 369 g/mol. The van der Waals surface area contributed by atoms with E-state index in [1.807, 2.05) is 48.5 Å². The van der Waals surface area contributed by atoms with E-state index in [1.165, 1.54) is 24.3 Å². The van der Waals surface area contributed by atoms with Gasteiger partial charge in [0.25, 0.3) is 5.91 Å². The van der Waals surface area contributed by atoms with Crippen molar-refractivity contribution in [2.45, 2.75) is 31.6 Å². The fraction of sp³-hybridized carbons (Fsp3) is 0.208. The van der Waals surface area contributed by atoms with Crippen molar-refractivity contribution in [2.75, 3.05) is 0 Å². The standard InChI is InChI=1S/C24H22FNO3/c1-24(2)22(27)21(26-23(28)16-8-11-18(25)12-9-16)19-14-17(10-13-20(19)29-24)15-6-4-3-5-7-15/h3-14,21-22,27H,1-2H3,(H,26,28)/t21-,22+/m1/s1. The smallest absolute Gasteiger partial charge is 0.251 e. The third-order valence-corrected chi connectivity index (χ3v) is 5.25. The second kappa shape index (κ2) is 7.33. The highest BCUT2D eigenvalue weighted by atomic mass is 19.1. The predicted molar refractivity (Wildman–Crippen MR) is 109 cm³/mol. The summed E-state index contributed by atoms with van der Waals surface area (Å²) >= 11 is 0. The largest absolute Gasteiger partial charge is 0.485 e. The van der Waals surface area contributed by atoms with Gasteiger partial charge >= 0.3 is 0 Å². The number of aliphatic hydroxyl groups is 1. The van der Waals surface area contributed by atoms with Gasteiger partial charge in [0.1, 0.15) is 23.3 Å². The molecule has 0 aliphatic carbocycles. The van der Waals surface area contributed by atoms with Crippen molar-refractivity contribution in [2.24, 2.45) is 0 Å². The number of hydrogen-bond donors (Lipinski definition) is 2. The van der Waals surface area contributed by atoms with Gasteiger partial charge < -0.3 is 15.2 Å². The lowest BCUT2D eigenvalue weighted by atomic mass is 9.85. The molecule has 2 atom stereocenters. The number of ether oxygens (including phenoxy) is 1. The van der Waals surface area contributed by atoms with Gasteiger partial charge in [-0.2, -0.15) is 0 Å². The van der Waals surface area contributed by atoms with E-state index in [4.69, 9.17) is 4.74 Å². The molecule has 29 heavy (non-hydrogen) atoms. The van der Waals surface area contributed by atoms with Crippen molar-refractivity contribution in [1.29, 1.82) is 0 Å². The summed E-state index contributed by atoms with van der Waals surface area (Å²) in [6.07, 6.45) is -0.967. The van der Waals surface area contributed by atoms with Gasteiger partial charge in [0.05, 0.1) is 6.04 Å². The second-order valence-electron chi connectivity index (χ2n) is 7.73. The number of aliphatic hydroxyl groups excluding tert-OH is 1. The predicted octanol–water partition coefficient (Wildman–Crippen LogP) is 4.50. The highest BCUT2D eigenvalue weighted by Crippen LogP contribution is 2.41. The van der Waals surface area contributed by atoms with Crippen molar-refractivity contribution < 1.29 is 19.0 Å². The second-order valence-corrected chi connectivity index (χ2v) is 7.73. The van der Waals surface area contributed by atoms with Crippen LogP contribution in [-0.4, -0.2) is 22.7 Å². The van der Waals surface area contributed by atoms with E-state index in [1.54, 1.807) is 13.8 Å². The Hall–Kier alpha value is -3.18. The summed E-state index contributed by atoms with van der Waals surface area (Å²) < 4.78 is 19.2. The molecule has 0 fully saturated rings. The summed E-state index contributed by atoms with van der Waals surface area (Å²) in [5, 5.41) is 13.8. The van der Waals surface area contributed by atoms with Crippen LogP contribution in [0.3, 0.4) is 0 Å². The molecule has 1 amide bonds. The first kappa shape index (κ1) is 19.2. The first-order chi connectivity index (χ1) is 13.8. The Morgan fingerprint density at radius 3 is 2.38 bits per heavy atom. The Bertz CT molecular complexity index is 1030. The topological polar surface area (TPSA) is 58.6 Å². The molecule has 2 N–H and O–H groups in total. The molecule has 5 heteroatoms. The lowest BCUT2D eigenvalue weighted by molar-refractivity contribution is -0.0627. The van der Waals surface area contributed by atoms with Gasteiger partial charge in [-0.05, 0) is 61.4 Å². The molecule has 3 aromatic rings. The Labute approximate surface area is 169 Å². The Morgan fingerprint density at radius 2 is 1.69 bits per heavy atom. The zero-order chi connectivity index (χ0) is 20.6. The van der Waals surface area contributed by atoms with Gasteiger partial charge in [0, 0.05) is 11.1 Å². The SMILES string of the molecule is CC1(C)Oc2ccc(-c3ccccc3)cc2[C@@H](NC(=O)c2ccc(F)cc2)[C@@H]1O. The molecule has 4 rings (SSSR count). The van der Waals surface area contributed by atoms with E-state index in [-0.39, 0.29) is 5.91 Å². The first-order valence-electron chi connectivity index (χ1n) is 9.48. The number of benzene rings is 3. The van der Waals surface area contributed by atoms with Crippen molar-refractivity contribution in [1.82, 2.24) is 5.32 Å². The number of carbonyl (C=O) groups is 1. The number of carbonyl (C=O) groups excluding carboxylic acids is 1. The normalized spacial score (nSPS) is 19.7. The molecule has 0 saturated heterocycles. The van der Waals surface area contributed by atoms with Gasteiger partial charge in [-0.25, -0.2) is 4.39 Å². The quantitative estimate of drug-likeness (QED) is 0.691. The van der Waals surface area contributed by atoms with Crippen LogP contribution in [-0.2, 0) is 0 Å². The molecule has 0 spiro atoms. The number of rotatable bonds is 3. The van der Waals surface area contributed by atoms with E-state index in [2.05, 4.69) is 5.32 Å². The average molecular weight is 391 g/mol. The maximum atomic E-state index is 13.2. The Balaban J connectivity index is 1.72. The third-order valence-electron chi connectivity index (χ3n) is 5.25. The summed E-state index contributed by atoms with van der Waals surface area (Å²) in [7, 11) is 0. The van der Waals surface area contributed by atoms with E-state index in [0.29, 0.717) is 16.9 Å². The molecule has 3 aromatic carbocycles. The maximum Gasteiger partial charge on any atom is 0.251 e. The van der Waals surface area contributed by atoms with E-state index >= 15 is 0 Å². The summed E-state index contributed by atoms with van der Waals surface area (Å²) in [4.78, 5) is 12.8. The zero-order valence-corrected chi connectivity index (χ0v) is 16.2. The number of halogens is 1. The average Bonchev–Trinajstić information content (AvgIpc) is 2.72. The number of hydrogen-bond acceptors (Lipinski definition) is 3. The van der Waals surface area contributed by atoms with Gasteiger partial charge in [0.2, 0.25) is 0 Å². The summed E-state index contributed by atoms with van der Waals surface area (Å²) in [6, 6.07) is 20.2. The van der Waals surface area contributed by atoms with Crippen LogP contribution in [0.15, 0.2) is 72.8 Å². The van der Waals surface area contributed by atoms with Crippen LogP contribution >= 0.6 is 0 Å². The minimum atomic E-state index is -0.967. The van der Waals surface area contributed by atoms with E-state index in [9.17, 15) is 14.3 Å². The van der Waals surface area contributed by atoms with Crippen LogP contribution in [0.25, 0.3) is 11.1 Å². The van der Waals surface area contributed by atoms with Crippen LogP contribution < -0.4 is 10.1 Å². The fourth-order valence-electron chi connectivity index (χ4n) is 3.59. The molecule has 148 valence electrons. The van der Waals surface area contributed by atoms with Gasteiger partial charge in [-0.1, -0.05) is 36.4 Å². The molecule has 4 nitrogen and oxygen atoms in total. The summed E-state index contributed by atoms with van der Waals surface area (Å²) in [5.41, 5.74) is 2.12. The van der Waals surface area contributed by atoms with Crippen LogP contribution in [0.4, 0.5) is 4.39 Å². The van der Waals surface area contributed by atoms with E-state index < -0.39 is 23.6 Å². The van der Waals surface area contributed by atoms with Gasteiger partial charge in [-0.15, -0.1) is 0 Å². The third kappa shape index (κ3) is 3.74. The van der Waals surface area contributed by atoms with Crippen LogP contribution in [0.2, 0.25) is 0 Å². The van der Waals surface area contributed by atoms with Gasteiger partial charge in [0.15, 0.2) is 0 Å². The summed E-state index contributed by atoms with van der Waals surface area (Å²) in [5.74, 6) is -0.182. The molecule has 0 saturated carbocycles. The molecule has 0 unspecified atom stereocenters. The lowest BCUT2D eigenvalue weighted by Gasteiger charge is -2.42. The molecule has 1 aliphatic heterocycles. The van der Waals surface area contributed by atoms with Crippen molar-refractivity contribution in [3.8, 4) is 16.9 Å². The fourth-order valence-corrected chi connectivity index (χ4v) is 3.59. The van der Waals surface area contributed by atoms with Crippen LogP contribution in [0.1, 0.15) is 35.8 Å². The molecule has 0 radical (unpaired) electrons. The number of fused-ring (bicyclic) bond motifs is 1. The van der Waals surface area contributed by atoms with Crippen molar-refractivity contribution in [3.63, 3.8) is 0 Å². The molecule has 0 bridgehead atoms.